The average Bonchev–Trinajstić information content (AvgIpc) is 2.38. The molecule has 0 heterocycles. The van der Waals surface area contributed by atoms with E-state index in [2.05, 4.69) is 21.2 Å². The van der Waals surface area contributed by atoms with Gasteiger partial charge in [-0.05, 0) is 36.8 Å². The summed E-state index contributed by atoms with van der Waals surface area (Å²) in [5.41, 5.74) is 7.01. The van der Waals surface area contributed by atoms with Crippen LogP contribution in [0.1, 0.15) is 28.9 Å². The third-order valence-electron chi connectivity index (χ3n) is 2.98. The van der Waals surface area contributed by atoms with E-state index in [1.807, 2.05) is 31.2 Å². The molecule has 0 bridgehead atoms. The van der Waals surface area contributed by atoms with Crippen molar-refractivity contribution in [2.24, 2.45) is 0 Å². The normalized spacial score (nSPS) is 11.9. The summed E-state index contributed by atoms with van der Waals surface area (Å²) in [6, 6.07) is 11.2. The van der Waals surface area contributed by atoms with Gasteiger partial charge in [0.05, 0.1) is 11.6 Å². The molecule has 0 aliphatic heterocycles. The van der Waals surface area contributed by atoms with Crippen molar-refractivity contribution in [3.05, 3.63) is 63.9 Å². The highest BCUT2D eigenvalue weighted by atomic mass is 79.9. The first-order chi connectivity index (χ1) is 9.49. The first-order valence-electron chi connectivity index (χ1n) is 6.09. The molecule has 0 saturated heterocycles. The van der Waals surface area contributed by atoms with Crippen molar-refractivity contribution in [1.29, 1.82) is 0 Å². The molecule has 20 heavy (non-hydrogen) atoms. The SMILES string of the molecule is CC(NC(=O)c1ccc(F)cc1N)c1ccccc1Br. The summed E-state index contributed by atoms with van der Waals surface area (Å²) in [7, 11) is 0. The number of halogens is 2. The summed E-state index contributed by atoms with van der Waals surface area (Å²) < 4.78 is 13.9. The van der Waals surface area contributed by atoms with E-state index < -0.39 is 5.82 Å². The second-order valence-electron chi connectivity index (χ2n) is 4.45. The van der Waals surface area contributed by atoms with Crippen molar-refractivity contribution in [2.45, 2.75) is 13.0 Å². The highest BCUT2D eigenvalue weighted by Gasteiger charge is 2.15. The predicted octanol–water partition coefficient (Wildman–Crippen LogP) is 3.66. The number of nitrogen functional groups attached to an aromatic ring is 1. The van der Waals surface area contributed by atoms with Gasteiger partial charge in [0.1, 0.15) is 5.82 Å². The summed E-state index contributed by atoms with van der Waals surface area (Å²) >= 11 is 3.44. The van der Waals surface area contributed by atoms with Gasteiger partial charge in [0.2, 0.25) is 0 Å². The van der Waals surface area contributed by atoms with Crippen LogP contribution in [0.5, 0.6) is 0 Å². The zero-order valence-electron chi connectivity index (χ0n) is 10.9. The number of carbonyl (C=O) groups is 1. The number of carbonyl (C=O) groups excluding carboxylic acids is 1. The number of hydrogen-bond acceptors (Lipinski definition) is 2. The first kappa shape index (κ1) is 14.5. The van der Waals surface area contributed by atoms with E-state index >= 15 is 0 Å². The number of nitrogens with two attached hydrogens (primary N) is 1. The van der Waals surface area contributed by atoms with Crippen molar-refractivity contribution in [1.82, 2.24) is 5.32 Å². The molecule has 2 aromatic carbocycles. The molecule has 1 atom stereocenters. The van der Waals surface area contributed by atoms with Crippen LogP contribution < -0.4 is 11.1 Å². The van der Waals surface area contributed by atoms with Crippen LogP contribution >= 0.6 is 15.9 Å². The second-order valence-corrected chi connectivity index (χ2v) is 5.30. The number of hydrogen-bond donors (Lipinski definition) is 2. The van der Waals surface area contributed by atoms with E-state index in [1.54, 1.807) is 0 Å². The molecular formula is C15H14BrFN2O. The van der Waals surface area contributed by atoms with E-state index in [1.165, 1.54) is 12.1 Å². The average molecular weight is 337 g/mol. The summed E-state index contributed by atoms with van der Waals surface area (Å²) in [5.74, 6) is -0.788. The number of anilines is 1. The summed E-state index contributed by atoms with van der Waals surface area (Å²) in [5, 5.41) is 2.84. The lowest BCUT2D eigenvalue weighted by Crippen LogP contribution is -2.27. The zero-order chi connectivity index (χ0) is 14.7. The first-order valence-corrected chi connectivity index (χ1v) is 6.88. The summed E-state index contributed by atoms with van der Waals surface area (Å²) in [4.78, 5) is 12.1. The van der Waals surface area contributed by atoms with Gasteiger partial charge in [0, 0.05) is 10.2 Å². The Morgan fingerprint density at radius 2 is 2.00 bits per heavy atom. The van der Waals surface area contributed by atoms with E-state index in [0.717, 1.165) is 16.1 Å². The van der Waals surface area contributed by atoms with Crippen LogP contribution in [0, 0.1) is 5.82 Å². The lowest BCUT2D eigenvalue weighted by atomic mass is 10.1. The Bertz CT molecular complexity index is 646. The van der Waals surface area contributed by atoms with Crippen LogP contribution in [-0.4, -0.2) is 5.91 Å². The Balaban J connectivity index is 2.17. The van der Waals surface area contributed by atoms with E-state index in [4.69, 9.17) is 5.73 Å². The fourth-order valence-electron chi connectivity index (χ4n) is 1.92. The Morgan fingerprint density at radius 1 is 1.30 bits per heavy atom. The minimum Gasteiger partial charge on any atom is -0.398 e. The fourth-order valence-corrected chi connectivity index (χ4v) is 2.55. The summed E-state index contributed by atoms with van der Waals surface area (Å²) in [6.45, 7) is 1.87. The van der Waals surface area contributed by atoms with Crippen LogP contribution in [0.3, 0.4) is 0 Å². The van der Waals surface area contributed by atoms with Gasteiger partial charge < -0.3 is 11.1 Å². The van der Waals surface area contributed by atoms with Crippen LogP contribution in [0.15, 0.2) is 46.9 Å². The largest absolute Gasteiger partial charge is 0.398 e. The molecule has 0 aliphatic rings. The van der Waals surface area contributed by atoms with Gasteiger partial charge in [-0.3, -0.25) is 4.79 Å². The van der Waals surface area contributed by atoms with Crippen LogP contribution in [0.2, 0.25) is 0 Å². The number of amides is 1. The second kappa shape index (κ2) is 6.05. The molecule has 0 radical (unpaired) electrons. The van der Waals surface area contributed by atoms with Crippen LogP contribution in [0.25, 0.3) is 0 Å². The third kappa shape index (κ3) is 3.17. The monoisotopic (exact) mass is 336 g/mol. The van der Waals surface area contributed by atoms with Gasteiger partial charge in [0.25, 0.3) is 5.91 Å². The molecule has 0 fully saturated rings. The van der Waals surface area contributed by atoms with E-state index in [9.17, 15) is 9.18 Å². The molecule has 2 rings (SSSR count). The molecule has 1 amide bonds. The highest BCUT2D eigenvalue weighted by Crippen LogP contribution is 2.23. The lowest BCUT2D eigenvalue weighted by molar-refractivity contribution is 0.0940. The molecule has 0 spiro atoms. The van der Waals surface area contributed by atoms with Crippen molar-refractivity contribution in [3.8, 4) is 0 Å². The predicted molar refractivity (Wildman–Crippen MR) is 80.8 cm³/mol. The molecule has 3 N–H and O–H groups in total. The van der Waals surface area contributed by atoms with Crippen molar-refractivity contribution >= 4 is 27.5 Å². The molecule has 0 aromatic heterocycles. The lowest BCUT2D eigenvalue weighted by Gasteiger charge is -2.16. The quantitative estimate of drug-likeness (QED) is 0.840. The van der Waals surface area contributed by atoms with E-state index in [0.29, 0.717) is 0 Å². The van der Waals surface area contributed by atoms with Crippen molar-refractivity contribution in [2.75, 3.05) is 5.73 Å². The van der Waals surface area contributed by atoms with Crippen LogP contribution in [0.4, 0.5) is 10.1 Å². The molecule has 5 heteroatoms. The van der Waals surface area contributed by atoms with Crippen molar-refractivity contribution in [3.63, 3.8) is 0 Å². The molecule has 1 unspecified atom stereocenters. The Morgan fingerprint density at radius 3 is 2.65 bits per heavy atom. The molecule has 2 aromatic rings. The number of benzene rings is 2. The molecule has 0 aliphatic carbocycles. The number of rotatable bonds is 3. The fraction of sp³-hybridized carbons (Fsp3) is 0.133. The summed E-state index contributed by atoms with van der Waals surface area (Å²) in [6.07, 6.45) is 0. The van der Waals surface area contributed by atoms with E-state index in [-0.39, 0.29) is 23.2 Å². The van der Waals surface area contributed by atoms with Crippen molar-refractivity contribution < 1.29 is 9.18 Å². The zero-order valence-corrected chi connectivity index (χ0v) is 12.4. The van der Waals surface area contributed by atoms with Crippen LogP contribution in [-0.2, 0) is 0 Å². The maximum absolute atomic E-state index is 13.0. The minimum atomic E-state index is -0.460. The van der Waals surface area contributed by atoms with Gasteiger partial charge in [-0.1, -0.05) is 34.1 Å². The Labute approximate surface area is 125 Å². The Hall–Kier alpha value is -1.88. The minimum absolute atomic E-state index is 0.127. The topological polar surface area (TPSA) is 55.1 Å². The number of nitrogens with one attached hydrogen (secondary N) is 1. The third-order valence-corrected chi connectivity index (χ3v) is 3.70. The van der Waals surface area contributed by atoms with Gasteiger partial charge >= 0.3 is 0 Å². The molecule has 104 valence electrons. The molecule has 3 nitrogen and oxygen atoms in total. The van der Waals surface area contributed by atoms with Gasteiger partial charge in [-0.15, -0.1) is 0 Å². The van der Waals surface area contributed by atoms with Gasteiger partial charge in [-0.2, -0.15) is 0 Å². The smallest absolute Gasteiger partial charge is 0.253 e. The van der Waals surface area contributed by atoms with Gasteiger partial charge in [-0.25, -0.2) is 4.39 Å². The highest BCUT2D eigenvalue weighted by molar-refractivity contribution is 9.10. The van der Waals surface area contributed by atoms with Gasteiger partial charge in [0.15, 0.2) is 0 Å². The maximum Gasteiger partial charge on any atom is 0.253 e. The molecule has 0 saturated carbocycles. The Kier molecular flexibility index (Phi) is 4.39. The molecular weight excluding hydrogens is 323 g/mol. The standard InChI is InChI=1S/C15H14BrFN2O/c1-9(11-4-2-3-5-13(11)16)19-15(20)12-7-6-10(17)8-14(12)18/h2-9H,18H2,1H3,(H,19,20). The maximum atomic E-state index is 13.0.